The molecule has 0 saturated carbocycles. The molecule has 0 atom stereocenters. The molecule has 2 rings (SSSR count). The van der Waals surface area contributed by atoms with Crippen LogP contribution in [0.25, 0.3) is 0 Å². The third kappa shape index (κ3) is 6.70. The number of ether oxygens (including phenoxy) is 1. The number of benzene rings is 2. The van der Waals surface area contributed by atoms with Gasteiger partial charge in [-0.3, -0.25) is 0 Å². The second-order valence-corrected chi connectivity index (χ2v) is 6.70. The zero-order valence-corrected chi connectivity index (χ0v) is 16.6. The first-order valence-electron chi connectivity index (χ1n) is 8.48. The Labute approximate surface area is 175 Å². The molecule has 5 N–H and O–H groups in total. The maximum atomic E-state index is 11.2. The Kier molecular flexibility index (Phi) is 8.55. The van der Waals surface area contributed by atoms with Gasteiger partial charge in [0.25, 0.3) is 0 Å². The Morgan fingerprint density at radius 3 is 2.33 bits per heavy atom. The van der Waals surface area contributed by atoms with Crippen molar-refractivity contribution in [3.05, 3.63) is 47.0 Å². The van der Waals surface area contributed by atoms with Gasteiger partial charge in [-0.25, -0.2) is 14.8 Å². The smallest absolute Gasteiger partial charge is 0.335 e. The van der Waals surface area contributed by atoms with E-state index in [4.69, 9.17) is 25.9 Å². The number of anilines is 1. The Morgan fingerprint density at radius 2 is 1.73 bits per heavy atom. The molecule has 0 unspecified atom stereocenters. The monoisotopic (exact) mass is 437 g/mol. The quantitative estimate of drug-likeness (QED) is 0.0994. The van der Waals surface area contributed by atoms with E-state index in [1.54, 1.807) is 19.1 Å². The Morgan fingerprint density at radius 1 is 1.07 bits per heavy atom. The van der Waals surface area contributed by atoms with Gasteiger partial charge in [0, 0.05) is 23.9 Å². The van der Waals surface area contributed by atoms with Crippen LogP contribution in [0.5, 0.6) is 5.75 Å². The van der Waals surface area contributed by atoms with Gasteiger partial charge in [0.1, 0.15) is 5.75 Å². The highest BCUT2D eigenvalue weighted by Crippen LogP contribution is 2.32. The van der Waals surface area contributed by atoms with Crippen LogP contribution in [0.2, 0.25) is 0 Å². The number of azo groups is 1. The molecular formula is C18H19N3O8S. The molecule has 0 aliphatic rings. The minimum absolute atomic E-state index is 0.0779. The summed E-state index contributed by atoms with van der Waals surface area (Å²) in [5.41, 5.74) is 7.12. The first-order valence-corrected chi connectivity index (χ1v) is 9.39. The van der Waals surface area contributed by atoms with E-state index in [0.29, 0.717) is 41.5 Å². The lowest BCUT2D eigenvalue weighted by Crippen LogP contribution is -2.02. The predicted octanol–water partition coefficient (Wildman–Crippen LogP) is 4.23. The van der Waals surface area contributed by atoms with Crippen LogP contribution in [0.15, 0.2) is 40.6 Å². The van der Waals surface area contributed by atoms with Gasteiger partial charge in [-0.1, -0.05) is 5.04 Å². The normalized spacial score (nSPS) is 11.0. The SMILES string of the molecule is Cc1cc(N)c(OCCCSOOO)cc1N=Nc1cc(C(=O)O)cc(C(=O)O)c1. The number of rotatable bonds is 11. The fourth-order valence-corrected chi connectivity index (χ4v) is 2.66. The molecule has 11 nitrogen and oxygen atoms in total. The number of nitrogens with two attached hydrogens (primary N) is 1. The predicted molar refractivity (Wildman–Crippen MR) is 107 cm³/mol. The largest absolute Gasteiger partial charge is 0.491 e. The summed E-state index contributed by atoms with van der Waals surface area (Å²) >= 11 is 0.910. The molecule has 0 spiro atoms. The molecule has 0 heterocycles. The maximum absolute atomic E-state index is 11.2. The lowest BCUT2D eigenvalue weighted by atomic mass is 10.1. The topological polar surface area (TPSA) is 173 Å². The fourth-order valence-electron chi connectivity index (χ4n) is 2.32. The molecular weight excluding hydrogens is 418 g/mol. The zero-order valence-electron chi connectivity index (χ0n) is 15.8. The van der Waals surface area contributed by atoms with Gasteiger partial charge in [0.05, 0.1) is 34.8 Å². The van der Waals surface area contributed by atoms with Crippen LogP contribution in [0.3, 0.4) is 0 Å². The van der Waals surface area contributed by atoms with Crippen molar-refractivity contribution in [1.29, 1.82) is 0 Å². The summed E-state index contributed by atoms with van der Waals surface area (Å²) in [4.78, 5) is 22.4. The number of nitrogens with zero attached hydrogens (tertiary/aromatic N) is 2. The first kappa shape index (κ1) is 23.1. The van der Waals surface area contributed by atoms with Crippen molar-refractivity contribution in [2.24, 2.45) is 10.2 Å². The standard InChI is InChI=1S/C18H19N3O8S/c1-10-5-14(19)16(27-3-2-4-30-29-28-26)9-15(10)21-20-13-7-11(17(22)23)6-12(8-13)18(24)25/h5-9,26H,2-4,19H2,1H3,(H,22,23)(H,24,25). The van der Waals surface area contributed by atoms with Crippen molar-refractivity contribution >= 4 is 41.0 Å². The molecule has 0 radical (unpaired) electrons. The average Bonchev–Trinajstić information content (AvgIpc) is 2.70. The van der Waals surface area contributed by atoms with E-state index >= 15 is 0 Å². The van der Waals surface area contributed by atoms with Gasteiger partial charge >= 0.3 is 11.9 Å². The van der Waals surface area contributed by atoms with Gasteiger partial charge < -0.3 is 20.7 Å². The molecule has 0 bridgehead atoms. The molecule has 0 aliphatic heterocycles. The summed E-state index contributed by atoms with van der Waals surface area (Å²) in [6, 6.07) is 6.71. The zero-order chi connectivity index (χ0) is 22.1. The van der Waals surface area contributed by atoms with Crippen molar-refractivity contribution in [3.63, 3.8) is 0 Å². The van der Waals surface area contributed by atoms with Crippen LogP contribution >= 0.6 is 12.0 Å². The van der Waals surface area contributed by atoms with Crippen LogP contribution in [-0.2, 0) is 9.37 Å². The lowest BCUT2D eigenvalue weighted by molar-refractivity contribution is -0.432. The number of aromatic carboxylic acids is 2. The lowest BCUT2D eigenvalue weighted by Gasteiger charge is -2.11. The highest BCUT2D eigenvalue weighted by Gasteiger charge is 2.12. The Balaban J connectivity index is 2.18. The number of carboxylic acid groups (broad SMARTS) is 2. The summed E-state index contributed by atoms with van der Waals surface area (Å²) in [7, 11) is 0. The molecule has 160 valence electrons. The maximum Gasteiger partial charge on any atom is 0.335 e. The number of aryl methyl sites for hydroxylation is 1. The van der Waals surface area contributed by atoms with Crippen LogP contribution in [-0.4, -0.2) is 39.8 Å². The minimum atomic E-state index is -1.27. The summed E-state index contributed by atoms with van der Waals surface area (Å²) < 4.78 is 9.87. The summed E-state index contributed by atoms with van der Waals surface area (Å²) in [5, 5.41) is 37.8. The van der Waals surface area contributed by atoms with Gasteiger partial charge in [-0.2, -0.15) is 10.2 Å². The van der Waals surface area contributed by atoms with E-state index in [2.05, 4.69) is 19.6 Å². The molecule has 30 heavy (non-hydrogen) atoms. The van der Waals surface area contributed by atoms with Crippen molar-refractivity contribution in [1.82, 2.24) is 0 Å². The van der Waals surface area contributed by atoms with E-state index in [1.165, 1.54) is 12.1 Å². The molecule has 12 heteroatoms. The van der Waals surface area contributed by atoms with E-state index in [1.807, 2.05) is 0 Å². The fraction of sp³-hybridized carbons (Fsp3) is 0.222. The molecule has 2 aromatic rings. The summed E-state index contributed by atoms with van der Waals surface area (Å²) in [5.74, 6) is -1.67. The third-order valence-electron chi connectivity index (χ3n) is 3.72. The highest BCUT2D eigenvalue weighted by atomic mass is 32.2. The van der Waals surface area contributed by atoms with Crippen LogP contribution in [0.4, 0.5) is 17.1 Å². The summed E-state index contributed by atoms with van der Waals surface area (Å²) in [6.45, 7) is 2.07. The molecule has 0 aliphatic carbocycles. The van der Waals surface area contributed by atoms with Crippen molar-refractivity contribution in [2.45, 2.75) is 13.3 Å². The molecule has 2 aromatic carbocycles. The summed E-state index contributed by atoms with van der Waals surface area (Å²) in [6.07, 6.45) is 0.581. The van der Waals surface area contributed by atoms with Crippen LogP contribution < -0.4 is 10.5 Å². The van der Waals surface area contributed by atoms with Crippen molar-refractivity contribution in [2.75, 3.05) is 18.1 Å². The highest BCUT2D eigenvalue weighted by molar-refractivity contribution is 7.94. The van der Waals surface area contributed by atoms with Crippen LogP contribution in [0, 0.1) is 6.92 Å². The van der Waals surface area contributed by atoms with E-state index in [-0.39, 0.29) is 16.8 Å². The number of carboxylic acids is 2. The second kappa shape index (κ2) is 11.1. The van der Waals surface area contributed by atoms with E-state index in [0.717, 1.165) is 18.1 Å². The van der Waals surface area contributed by atoms with Gasteiger partial charge in [0.15, 0.2) is 0 Å². The van der Waals surface area contributed by atoms with E-state index in [9.17, 15) is 9.59 Å². The average molecular weight is 437 g/mol. The van der Waals surface area contributed by atoms with Gasteiger partial charge in [-0.15, -0.1) is 4.33 Å². The van der Waals surface area contributed by atoms with Gasteiger partial charge in [-0.05, 0) is 43.2 Å². The van der Waals surface area contributed by atoms with Gasteiger partial charge in [0.2, 0.25) is 0 Å². The van der Waals surface area contributed by atoms with Crippen LogP contribution in [0.1, 0.15) is 32.7 Å². The second-order valence-electron chi connectivity index (χ2n) is 5.92. The third-order valence-corrected chi connectivity index (χ3v) is 4.33. The Bertz CT molecular complexity index is 919. The number of carbonyl (C=O) groups is 2. The number of hydrogen-bond donors (Lipinski definition) is 4. The molecule has 0 aromatic heterocycles. The molecule has 0 saturated heterocycles. The minimum Gasteiger partial charge on any atom is -0.491 e. The van der Waals surface area contributed by atoms with Crippen molar-refractivity contribution < 1.29 is 39.2 Å². The first-order chi connectivity index (χ1) is 14.3. The Hall–Kier alpha value is -3.19. The van der Waals surface area contributed by atoms with Crippen molar-refractivity contribution in [3.8, 4) is 5.75 Å². The molecule has 0 fully saturated rings. The van der Waals surface area contributed by atoms with E-state index < -0.39 is 11.9 Å². The number of nitrogen functional groups attached to an aromatic ring is 1. The number of hydrogen-bond acceptors (Lipinski definition) is 10. The molecule has 0 amide bonds.